The Kier molecular flexibility index (Phi) is 4.88. The lowest BCUT2D eigenvalue weighted by Gasteiger charge is -2.41. The predicted molar refractivity (Wildman–Crippen MR) is 104 cm³/mol. The molecule has 1 aromatic carbocycles. The Morgan fingerprint density at radius 3 is 3.11 bits per heavy atom. The van der Waals surface area contributed by atoms with Crippen LogP contribution in [-0.4, -0.2) is 52.1 Å². The van der Waals surface area contributed by atoms with E-state index >= 15 is 0 Å². The number of methoxy groups -OCH3 is 1. The van der Waals surface area contributed by atoms with Crippen molar-refractivity contribution in [1.82, 2.24) is 14.3 Å². The number of amides is 1. The van der Waals surface area contributed by atoms with Crippen molar-refractivity contribution in [2.24, 2.45) is 5.41 Å². The first-order valence-electron chi connectivity index (χ1n) is 9.08. The van der Waals surface area contributed by atoms with Crippen molar-refractivity contribution in [1.29, 1.82) is 0 Å². The van der Waals surface area contributed by atoms with Crippen LogP contribution in [0, 0.1) is 5.41 Å². The molecule has 2 aromatic heterocycles. The highest BCUT2D eigenvalue weighted by Crippen LogP contribution is 2.34. The van der Waals surface area contributed by atoms with Gasteiger partial charge in [-0.2, -0.15) is 0 Å². The Balaban J connectivity index is 1.53. The largest absolute Gasteiger partial charge is 0.497 e. The number of aromatic nitrogens is 2. The molecule has 1 aliphatic rings. The molecule has 0 spiro atoms. The minimum absolute atomic E-state index is 0.0479. The molecule has 0 saturated carbocycles. The molecule has 6 nitrogen and oxygen atoms in total. The molecule has 0 unspecified atom stereocenters. The molecule has 1 atom stereocenters. The van der Waals surface area contributed by atoms with Crippen LogP contribution in [0.15, 0.2) is 42.0 Å². The van der Waals surface area contributed by atoms with E-state index in [4.69, 9.17) is 4.74 Å². The topological polar surface area (TPSA) is 67.1 Å². The van der Waals surface area contributed by atoms with Crippen LogP contribution < -0.4 is 4.74 Å². The van der Waals surface area contributed by atoms with Gasteiger partial charge in [0.15, 0.2) is 4.96 Å². The number of hydrogen-bond donors (Lipinski definition) is 1. The second-order valence-corrected chi connectivity index (χ2v) is 8.11. The molecule has 3 heterocycles. The van der Waals surface area contributed by atoms with E-state index in [9.17, 15) is 9.90 Å². The van der Waals surface area contributed by atoms with Crippen LogP contribution in [0.4, 0.5) is 0 Å². The Hall–Kier alpha value is -2.38. The number of aliphatic hydroxyl groups is 1. The first kappa shape index (κ1) is 18.0. The van der Waals surface area contributed by atoms with Gasteiger partial charge in [0.2, 0.25) is 0 Å². The average Bonchev–Trinajstić information content (AvgIpc) is 3.30. The number of thiazole rings is 1. The zero-order chi connectivity index (χ0) is 18.9. The normalized spacial score (nSPS) is 20.1. The van der Waals surface area contributed by atoms with Crippen LogP contribution in [0.1, 0.15) is 28.9 Å². The molecule has 0 aliphatic carbocycles. The van der Waals surface area contributed by atoms with Gasteiger partial charge in [-0.1, -0.05) is 12.1 Å². The first-order chi connectivity index (χ1) is 13.1. The van der Waals surface area contributed by atoms with Gasteiger partial charge < -0.3 is 14.7 Å². The highest BCUT2D eigenvalue weighted by Gasteiger charge is 2.37. The summed E-state index contributed by atoms with van der Waals surface area (Å²) in [6.45, 7) is 1.28. The van der Waals surface area contributed by atoms with E-state index in [1.54, 1.807) is 13.3 Å². The summed E-state index contributed by atoms with van der Waals surface area (Å²) >= 11 is 1.51. The number of hydrogen-bond acceptors (Lipinski definition) is 5. The molecular weight excluding hydrogens is 362 g/mol. The van der Waals surface area contributed by atoms with Gasteiger partial charge in [0.05, 0.1) is 13.7 Å². The van der Waals surface area contributed by atoms with Gasteiger partial charge in [0, 0.05) is 36.3 Å². The van der Waals surface area contributed by atoms with Gasteiger partial charge in [-0.25, -0.2) is 4.98 Å². The number of nitrogens with zero attached hydrogens (tertiary/aromatic N) is 3. The molecule has 27 heavy (non-hydrogen) atoms. The number of ether oxygens (including phenoxy) is 1. The summed E-state index contributed by atoms with van der Waals surface area (Å²) in [5.74, 6) is 0.747. The van der Waals surface area contributed by atoms with Crippen LogP contribution in [0.2, 0.25) is 0 Å². The van der Waals surface area contributed by atoms with Crippen molar-refractivity contribution in [2.75, 3.05) is 26.8 Å². The van der Waals surface area contributed by atoms with E-state index < -0.39 is 0 Å². The van der Waals surface area contributed by atoms with E-state index in [0.717, 1.165) is 29.1 Å². The molecule has 1 amide bonds. The minimum Gasteiger partial charge on any atom is -0.497 e. The molecule has 4 rings (SSSR count). The van der Waals surface area contributed by atoms with Crippen LogP contribution >= 0.6 is 11.3 Å². The fourth-order valence-electron chi connectivity index (χ4n) is 3.92. The molecule has 1 fully saturated rings. The van der Waals surface area contributed by atoms with Crippen molar-refractivity contribution in [2.45, 2.75) is 19.3 Å². The third-order valence-electron chi connectivity index (χ3n) is 5.31. The first-order valence-corrected chi connectivity index (χ1v) is 9.96. The lowest BCUT2D eigenvalue weighted by molar-refractivity contribution is 0.0268. The third-order valence-corrected chi connectivity index (χ3v) is 6.08. The third kappa shape index (κ3) is 3.57. The molecule has 0 radical (unpaired) electrons. The maximum absolute atomic E-state index is 13.0. The van der Waals surface area contributed by atoms with E-state index in [0.29, 0.717) is 25.2 Å². The molecular formula is C20H23N3O3S. The number of carbonyl (C=O) groups is 1. The van der Waals surface area contributed by atoms with Gasteiger partial charge in [0.25, 0.3) is 5.91 Å². The highest BCUT2D eigenvalue weighted by molar-refractivity contribution is 7.15. The number of fused-ring (bicyclic) bond motifs is 1. The number of imidazole rings is 1. The molecule has 1 aliphatic heterocycles. The quantitative estimate of drug-likeness (QED) is 0.733. The summed E-state index contributed by atoms with van der Waals surface area (Å²) in [4.78, 5) is 20.1. The van der Waals surface area contributed by atoms with Crippen LogP contribution in [0.25, 0.3) is 4.96 Å². The Labute approximate surface area is 162 Å². The zero-order valence-electron chi connectivity index (χ0n) is 15.3. The summed E-state index contributed by atoms with van der Waals surface area (Å²) in [5.41, 5.74) is 1.24. The number of carbonyl (C=O) groups excluding carboxylic acids is 1. The standard InChI is InChI=1S/C20H23N3O3S/c1-26-16-5-2-4-15(10-16)11-20(14-24)6-3-7-23(13-20)18(25)17-12-22-8-9-27-19(22)21-17/h2,4-5,8-10,12,24H,3,6-7,11,13-14H2,1H3/t20-/m0/s1. The van der Waals surface area contributed by atoms with Gasteiger partial charge in [0.1, 0.15) is 11.4 Å². The van der Waals surface area contributed by atoms with Crippen molar-refractivity contribution < 1.29 is 14.6 Å². The molecule has 7 heteroatoms. The Morgan fingerprint density at radius 2 is 2.33 bits per heavy atom. The number of rotatable bonds is 5. The second-order valence-electron chi connectivity index (χ2n) is 7.24. The smallest absolute Gasteiger partial charge is 0.274 e. The zero-order valence-corrected chi connectivity index (χ0v) is 16.1. The monoisotopic (exact) mass is 385 g/mol. The van der Waals surface area contributed by atoms with Gasteiger partial charge >= 0.3 is 0 Å². The summed E-state index contributed by atoms with van der Waals surface area (Å²) in [7, 11) is 1.65. The summed E-state index contributed by atoms with van der Waals surface area (Å²) < 4.78 is 7.18. The molecule has 142 valence electrons. The van der Waals surface area contributed by atoms with Gasteiger partial charge in [-0.15, -0.1) is 11.3 Å². The van der Waals surface area contributed by atoms with E-state index in [1.165, 1.54) is 11.3 Å². The van der Waals surface area contributed by atoms with E-state index in [-0.39, 0.29) is 17.9 Å². The summed E-state index contributed by atoms with van der Waals surface area (Å²) in [6, 6.07) is 7.92. The number of benzene rings is 1. The van der Waals surface area contributed by atoms with Crippen molar-refractivity contribution in [3.8, 4) is 5.75 Å². The average molecular weight is 385 g/mol. The van der Waals surface area contributed by atoms with Crippen LogP contribution in [0.5, 0.6) is 5.75 Å². The minimum atomic E-state index is -0.336. The molecule has 1 N–H and O–H groups in total. The highest BCUT2D eigenvalue weighted by atomic mass is 32.1. The van der Waals surface area contributed by atoms with Gasteiger partial charge in [-0.05, 0) is 37.0 Å². The van der Waals surface area contributed by atoms with E-state index in [1.807, 2.05) is 45.1 Å². The van der Waals surface area contributed by atoms with Crippen molar-refractivity contribution in [3.05, 3.63) is 53.3 Å². The lowest BCUT2D eigenvalue weighted by Crippen LogP contribution is -2.49. The Morgan fingerprint density at radius 1 is 1.44 bits per heavy atom. The maximum Gasteiger partial charge on any atom is 0.274 e. The molecule has 1 saturated heterocycles. The van der Waals surface area contributed by atoms with E-state index in [2.05, 4.69) is 4.98 Å². The molecule has 0 bridgehead atoms. The van der Waals surface area contributed by atoms with Crippen LogP contribution in [-0.2, 0) is 6.42 Å². The lowest BCUT2D eigenvalue weighted by atomic mass is 9.75. The fraction of sp³-hybridized carbons (Fsp3) is 0.400. The SMILES string of the molecule is COc1cccc(C[C@@]2(CO)CCCN(C(=O)c3cn4ccsc4n3)C2)c1. The molecule has 3 aromatic rings. The number of aliphatic hydroxyl groups excluding tert-OH is 1. The number of likely N-dealkylation sites (tertiary alicyclic amines) is 1. The predicted octanol–water partition coefficient (Wildman–Crippen LogP) is 2.86. The fourth-order valence-corrected chi connectivity index (χ4v) is 4.62. The van der Waals surface area contributed by atoms with Crippen molar-refractivity contribution in [3.63, 3.8) is 0 Å². The van der Waals surface area contributed by atoms with Crippen LogP contribution in [0.3, 0.4) is 0 Å². The number of piperidine rings is 1. The van der Waals surface area contributed by atoms with Gasteiger partial charge in [-0.3, -0.25) is 9.20 Å². The maximum atomic E-state index is 13.0. The second kappa shape index (κ2) is 7.32. The summed E-state index contributed by atoms with van der Waals surface area (Å²) in [5, 5.41) is 12.1. The Bertz CT molecular complexity index is 922. The summed E-state index contributed by atoms with van der Waals surface area (Å²) in [6.07, 6.45) is 6.16. The van der Waals surface area contributed by atoms with Crippen molar-refractivity contribution >= 4 is 22.2 Å².